The molecule has 0 rings (SSSR count). The van der Waals surface area contributed by atoms with Crippen LogP contribution in [0.15, 0.2) is 36.5 Å². The van der Waals surface area contributed by atoms with Crippen LogP contribution in [0, 0.1) is 0 Å². The van der Waals surface area contributed by atoms with Crippen molar-refractivity contribution in [3.63, 3.8) is 0 Å². The summed E-state index contributed by atoms with van der Waals surface area (Å²) in [5, 5.41) is 9.07. The quantitative estimate of drug-likeness (QED) is 0.383. The van der Waals surface area contributed by atoms with E-state index in [9.17, 15) is 4.79 Å². The maximum Gasteiger partial charge on any atom is 0.142 e. The molecule has 0 aromatic carbocycles. The van der Waals surface area contributed by atoms with E-state index in [1.165, 1.54) is 6.08 Å². The van der Waals surface area contributed by atoms with E-state index < -0.39 is 0 Å². The molecule has 0 amide bonds. The molecule has 0 unspecified atom stereocenters. The Morgan fingerprint density at radius 2 is 1.75 bits per heavy atom. The number of aldehydes is 1. The van der Waals surface area contributed by atoms with Crippen molar-refractivity contribution in [1.82, 2.24) is 0 Å². The van der Waals surface area contributed by atoms with E-state index in [0.29, 0.717) is 6.42 Å². The van der Waals surface area contributed by atoms with E-state index in [1.54, 1.807) is 30.4 Å². The Hall–Kier alpha value is -1.15. The number of aliphatic hydroxyl groups is 1. The van der Waals surface area contributed by atoms with Crippen LogP contribution in [0.25, 0.3) is 0 Å². The summed E-state index contributed by atoms with van der Waals surface area (Å²) in [6, 6.07) is 0. The van der Waals surface area contributed by atoms with Crippen LogP contribution in [-0.2, 0) is 4.79 Å². The number of rotatable bonds is 5. The van der Waals surface area contributed by atoms with Crippen LogP contribution in [0.5, 0.6) is 0 Å². The molecular weight excluding hydrogens is 152 g/mol. The summed E-state index contributed by atoms with van der Waals surface area (Å²) in [7, 11) is 0. The molecular formula is C10H14O2. The summed E-state index contributed by atoms with van der Waals surface area (Å²) in [6.07, 6.45) is 11.0. The van der Waals surface area contributed by atoms with Gasteiger partial charge in [0.2, 0.25) is 0 Å². The lowest BCUT2D eigenvalue weighted by Gasteiger charge is -1.95. The number of aliphatic hydroxyl groups excluding tert-OH is 1. The van der Waals surface area contributed by atoms with Gasteiger partial charge in [-0.25, -0.2) is 0 Å². The predicted molar refractivity (Wildman–Crippen MR) is 49.8 cm³/mol. The maximum atomic E-state index is 9.81. The Morgan fingerprint density at radius 3 is 2.33 bits per heavy atom. The Balaban J connectivity index is 3.65. The van der Waals surface area contributed by atoms with Gasteiger partial charge >= 0.3 is 0 Å². The molecule has 0 radical (unpaired) electrons. The van der Waals surface area contributed by atoms with Gasteiger partial charge < -0.3 is 5.11 Å². The molecule has 0 aliphatic heterocycles. The molecule has 0 heterocycles. The molecule has 2 nitrogen and oxygen atoms in total. The molecule has 0 bridgehead atoms. The highest BCUT2D eigenvalue weighted by molar-refractivity contribution is 5.65. The fourth-order valence-corrected chi connectivity index (χ4v) is 0.566. The van der Waals surface area contributed by atoms with Crippen molar-refractivity contribution in [3.8, 4) is 0 Å². The maximum absolute atomic E-state index is 9.81. The van der Waals surface area contributed by atoms with Crippen molar-refractivity contribution in [1.29, 1.82) is 0 Å². The molecule has 66 valence electrons. The van der Waals surface area contributed by atoms with Gasteiger partial charge in [0.05, 0.1) is 6.10 Å². The van der Waals surface area contributed by atoms with E-state index >= 15 is 0 Å². The van der Waals surface area contributed by atoms with Gasteiger partial charge in [-0.1, -0.05) is 37.3 Å². The molecule has 0 aliphatic rings. The average molecular weight is 166 g/mol. The lowest BCUT2D eigenvalue weighted by molar-refractivity contribution is -0.104. The molecule has 1 N–H and O–H groups in total. The van der Waals surface area contributed by atoms with Gasteiger partial charge in [-0.15, -0.1) is 0 Å². The molecule has 0 aromatic heterocycles. The fraction of sp³-hybridized carbons (Fsp3) is 0.300. The Morgan fingerprint density at radius 1 is 1.17 bits per heavy atom. The highest BCUT2D eigenvalue weighted by Crippen LogP contribution is 1.91. The Kier molecular flexibility index (Phi) is 7.19. The van der Waals surface area contributed by atoms with Crippen molar-refractivity contribution < 1.29 is 9.90 Å². The zero-order valence-corrected chi connectivity index (χ0v) is 7.18. The summed E-state index contributed by atoms with van der Waals surface area (Å²) >= 11 is 0. The van der Waals surface area contributed by atoms with Crippen LogP contribution >= 0.6 is 0 Å². The largest absolute Gasteiger partial charge is 0.389 e. The van der Waals surface area contributed by atoms with E-state index in [1.807, 2.05) is 6.92 Å². The minimum Gasteiger partial charge on any atom is -0.389 e. The number of allylic oxidation sites excluding steroid dienone is 5. The van der Waals surface area contributed by atoms with Gasteiger partial charge in [0.1, 0.15) is 6.29 Å². The van der Waals surface area contributed by atoms with Crippen molar-refractivity contribution >= 4 is 6.29 Å². The number of carbonyl (C=O) groups excluding carboxylic acids is 1. The van der Waals surface area contributed by atoms with Gasteiger partial charge in [-0.05, 0) is 12.5 Å². The van der Waals surface area contributed by atoms with Crippen molar-refractivity contribution in [2.24, 2.45) is 0 Å². The van der Waals surface area contributed by atoms with Gasteiger partial charge in [0.15, 0.2) is 0 Å². The van der Waals surface area contributed by atoms with Gasteiger partial charge in [0.25, 0.3) is 0 Å². The van der Waals surface area contributed by atoms with Crippen molar-refractivity contribution in [2.45, 2.75) is 19.4 Å². The first-order chi connectivity index (χ1) is 5.81. The van der Waals surface area contributed by atoms with Crippen LogP contribution in [0.2, 0.25) is 0 Å². The molecule has 0 saturated carbocycles. The Labute approximate surface area is 72.9 Å². The second-order valence-electron chi connectivity index (χ2n) is 2.27. The lowest BCUT2D eigenvalue weighted by atomic mass is 10.2. The molecule has 0 saturated heterocycles. The second kappa shape index (κ2) is 7.95. The van der Waals surface area contributed by atoms with Crippen LogP contribution in [0.3, 0.4) is 0 Å². The third kappa shape index (κ3) is 6.96. The molecule has 0 spiro atoms. The SMILES string of the molecule is CC[C@H](O)/C=C/C=C\C=C\C=O. The summed E-state index contributed by atoms with van der Waals surface area (Å²) in [4.78, 5) is 9.81. The standard InChI is InChI=1S/C10H14O2/c1-2-10(12)8-6-4-3-5-7-9-11/h3-10,12H,2H2,1H3/b4-3-,7-5+,8-6+/t10-/m0/s1. The monoisotopic (exact) mass is 166 g/mol. The zero-order chi connectivity index (χ0) is 9.23. The summed E-state index contributed by atoms with van der Waals surface area (Å²) in [6.45, 7) is 1.91. The van der Waals surface area contributed by atoms with Crippen molar-refractivity contribution in [2.75, 3.05) is 0 Å². The summed E-state index contributed by atoms with van der Waals surface area (Å²) < 4.78 is 0. The van der Waals surface area contributed by atoms with Crippen LogP contribution < -0.4 is 0 Å². The number of hydrogen-bond acceptors (Lipinski definition) is 2. The van der Waals surface area contributed by atoms with E-state index in [2.05, 4.69) is 0 Å². The average Bonchev–Trinajstić information content (AvgIpc) is 2.10. The van der Waals surface area contributed by atoms with Gasteiger partial charge in [-0.2, -0.15) is 0 Å². The summed E-state index contributed by atoms with van der Waals surface area (Å²) in [5.41, 5.74) is 0. The number of carbonyl (C=O) groups is 1. The third-order valence-electron chi connectivity index (χ3n) is 1.27. The molecule has 1 atom stereocenters. The van der Waals surface area contributed by atoms with E-state index in [4.69, 9.17) is 5.11 Å². The molecule has 12 heavy (non-hydrogen) atoms. The number of hydrogen-bond donors (Lipinski definition) is 1. The summed E-state index contributed by atoms with van der Waals surface area (Å²) in [5.74, 6) is 0. The topological polar surface area (TPSA) is 37.3 Å². The third-order valence-corrected chi connectivity index (χ3v) is 1.27. The minimum atomic E-state index is -0.371. The minimum absolute atomic E-state index is 0.371. The molecule has 0 aromatic rings. The second-order valence-corrected chi connectivity index (χ2v) is 2.27. The molecule has 0 fully saturated rings. The highest BCUT2D eigenvalue weighted by Gasteiger charge is 1.88. The predicted octanol–water partition coefficient (Wildman–Crippen LogP) is 1.62. The first kappa shape index (κ1) is 10.8. The zero-order valence-electron chi connectivity index (χ0n) is 7.18. The van der Waals surface area contributed by atoms with Crippen LogP contribution in [-0.4, -0.2) is 17.5 Å². The normalized spacial score (nSPS) is 14.8. The van der Waals surface area contributed by atoms with Crippen LogP contribution in [0.1, 0.15) is 13.3 Å². The molecule has 2 heteroatoms. The van der Waals surface area contributed by atoms with E-state index in [-0.39, 0.29) is 6.10 Å². The van der Waals surface area contributed by atoms with Gasteiger partial charge in [0, 0.05) is 0 Å². The van der Waals surface area contributed by atoms with Crippen molar-refractivity contribution in [3.05, 3.63) is 36.5 Å². The smallest absolute Gasteiger partial charge is 0.142 e. The van der Waals surface area contributed by atoms with Gasteiger partial charge in [-0.3, -0.25) is 4.79 Å². The lowest BCUT2D eigenvalue weighted by Crippen LogP contribution is -1.97. The van der Waals surface area contributed by atoms with Crippen LogP contribution in [0.4, 0.5) is 0 Å². The fourth-order valence-electron chi connectivity index (χ4n) is 0.566. The molecule has 0 aliphatic carbocycles. The first-order valence-electron chi connectivity index (χ1n) is 3.94. The highest BCUT2D eigenvalue weighted by atomic mass is 16.3. The Bertz CT molecular complexity index is 190. The first-order valence-corrected chi connectivity index (χ1v) is 3.94. The van der Waals surface area contributed by atoms with E-state index in [0.717, 1.165) is 6.29 Å².